The van der Waals surface area contributed by atoms with E-state index in [1.165, 1.54) is 56.4 Å². The minimum Gasteiger partial charge on any atom is -0.465 e. The monoisotopic (exact) mass is 825 g/mol. The first-order chi connectivity index (χ1) is 27.7. The molecule has 18 heteroatoms. The molecule has 318 valence electrons. The van der Waals surface area contributed by atoms with Gasteiger partial charge >= 0.3 is 41.8 Å². The van der Waals surface area contributed by atoms with Gasteiger partial charge in [-0.25, -0.2) is 9.59 Å². The number of carbonyl (C=O) groups excluding carboxylic acids is 7. The highest BCUT2D eigenvalue weighted by Crippen LogP contribution is 2.70. The van der Waals surface area contributed by atoms with E-state index in [4.69, 9.17) is 37.9 Å². The molecule has 59 heavy (non-hydrogen) atoms. The minimum atomic E-state index is -2.80. The largest absolute Gasteiger partial charge is 0.465 e. The zero-order valence-corrected chi connectivity index (χ0v) is 33.5. The lowest BCUT2D eigenvalue weighted by molar-refractivity contribution is -0.385. The third-order valence-electron chi connectivity index (χ3n) is 11.8. The summed E-state index contributed by atoms with van der Waals surface area (Å²) in [4.78, 5) is 99.0. The van der Waals surface area contributed by atoms with Gasteiger partial charge < -0.3 is 48.1 Å². The minimum absolute atomic E-state index is 0.0368. The summed E-state index contributed by atoms with van der Waals surface area (Å²) in [6.45, 7) is 6.27. The topological polar surface area (TPSA) is 247 Å². The Kier molecular flexibility index (Phi) is 11.7. The highest BCUT2D eigenvalue weighted by Gasteiger charge is 2.91. The molecule has 4 aliphatic rings. The van der Waals surface area contributed by atoms with Crippen LogP contribution < -0.4 is 0 Å². The Morgan fingerprint density at radius 3 is 2.12 bits per heavy atom. The van der Waals surface area contributed by atoms with Gasteiger partial charge in [0.05, 0.1) is 28.7 Å². The summed E-state index contributed by atoms with van der Waals surface area (Å²) < 4.78 is 48.8. The molecular weight excluding hydrogens is 778 g/mol. The van der Waals surface area contributed by atoms with Gasteiger partial charge in [-0.05, 0) is 51.0 Å². The van der Waals surface area contributed by atoms with E-state index in [1.54, 1.807) is 6.07 Å². The Morgan fingerprint density at radius 2 is 1.49 bits per heavy atom. The van der Waals surface area contributed by atoms with Gasteiger partial charge in [0.1, 0.15) is 54.2 Å². The second-order valence-corrected chi connectivity index (χ2v) is 15.8. The van der Waals surface area contributed by atoms with E-state index in [2.05, 4.69) is 4.98 Å². The summed E-state index contributed by atoms with van der Waals surface area (Å²) in [7, 11) is 0. The number of aryl methyl sites for hydroxylation is 1. The average molecular weight is 826 g/mol. The standard InChI is InChI=1S/C41H47NO17/c1-20-15-16-27-26(14-11-17-42-27)37(50)53-18-38(6)28-30(54-22(3)44)34(56-24(5)46)40(19-52-21(2)43)33(58-36(49)25-12-9-8-10-13-25)29(47)32(57-35(20)48)39(7,51)41(40,59-38)31(28)55-23(4)45/h8-14,17,20,28-34,47,51H,15-16,18-19H2,1-7H3. The zero-order chi connectivity index (χ0) is 43.2. The van der Waals surface area contributed by atoms with Gasteiger partial charge in [0.25, 0.3) is 0 Å². The first-order valence-electron chi connectivity index (χ1n) is 19.0. The van der Waals surface area contributed by atoms with Gasteiger partial charge in [-0.3, -0.25) is 29.0 Å². The van der Waals surface area contributed by atoms with E-state index in [0.29, 0.717) is 0 Å². The van der Waals surface area contributed by atoms with Crippen molar-refractivity contribution in [1.82, 2.24) is 4.98 Å². The second-order valence-electron chi connectivity index (χ2n) is 15.8. The smallest absolute Gasteiger partial charge is 0.340 e. The summed E-state index contributed by atoms with van der Waals surface area (Å²) in [5.41, 5.74) is -9.95. The molecule has 12 atom stereocenters. The number of aliphatic hydroxyl groups excluding tert-OH is 1. The molecule has 12 unspecified atom stereocenters. The van der Waals surface area contributed by atoms with Gasteiger partial charge in [-0.2, -0.15) is 0 Å². The SMILES string of the molecule is CC(=O)OCC12C(OC(=O)c3ccccc3)C(O)C3OC(=O)C(C)CCc4ncccc4C(=O)OCC4(C)OC1(C(OC(C)=O)C4C(OC(C)=O)C2OC(C)=O)C3(C)O. The summed E-state index contributed by atoms with van der Waals surface area (Å²) in [5, 5.41) is 25.9. The number of ether oxygens (including phenoxy) is 8. The van der Waals surface area contributed by atoms with Crippen LogP contribution in [0.25, 0.3) is 0 Å². The van der Waals surface area contributed by atoms with Crippen molar-refractivity contribution >= 4 is 41.8 Å². The van der Waals surface area contributed by atoms with Crippen molar-refractivity contribution < 1.29 is 81.7 Å². The number of rotatable bonds is 7. The second kappa shape index (κ2) is 16.0. The Bertz CT molecular complexity index is 2020. The fourth-order valence-electron chi connectivity index (χ4n) is 9.45. The maximum Gasteiger partial charge on any atom is 0.340 e. The van der Waals surface area contributed by atoms with Crippen LogP contribution in [-0.2, 0) is 68.3 Å². The molecule has 6 rings (SSSR count). The first-order valence-corrected chi connectivity index (χ1v) is 19.0. The van der Waals surface area contributed by atoms with Crippen molar-refractivity contribution in [2.45, 2.75) is 115 Å². The van der Waals surface area contributed by atoms with Crippen molar-refractivity contribution in [3.8, 4) is 0 Å². The number of esters is 7. The van der Waals surface area contributed by atoms with Crippen molar-refractivity contribution in [1.29, 1.82) is 0 Å². The van der Waals surface area contributed by atoms with Crippen LogP contribution in [0.15, 0.2) is 48.7 Å². The van der Waals surface area contributed by atoms with E-state index in [9.17, 15) is 43.8 Å². The molecule has 1 aromatic heterocycles. The molecular formula is C41H47NO17. The maximum atomic E-state index is 14.2. The molecule has 0 amide bonds. The first kappa shape index (κ1) is 43.1. The van der Waals surface area contributed by atoms with Gasteiger partial charge in [-0.15, -0.1) is 0 Å². The fraction of sp³-hybridized carbons (Fsp3) is 0.561. The summed E-state index contributed by atoms with van der Waals surface area (Å²) in [6.07, 6.45) is -10.7. The lowest BCUT2D eigenvalue weighted by Gasteiger charge is -2.67. The molecule has 2 aromatic rings. The van der Waals surface area contributed by atoms with E-state index in [-0.39, 0.29) is 29.7 Å². The molecule has 18 nitrogen and oxygen atoms in total. The highest BCUT2D eigenvalue weighted by atomic mass is 16.7. The lowest BCUT2D eigenvalue weighted by atomic mass is 9.45. The zero-order valence-electron chi connectivity index (χ0n) is 33.5. The van der Waals surface area contributed by atoms with Crippen molar-refractivity contribution in [2.24, 2.45) is 17.3 Å². The maximum absolute atomic E-state index is 14.2. The predicted octanol–water partition coefficient (Wildman–Crippen LogP) is 1.59. The van der Waals surface area contributed by atoms with Crippen molar-refractivity contribution in [3.05, 3.63) is 65.5 Å². The fourth-order valence-corrected chi connectivity index (χ4v) is 9.45. The predicted molar refractivity (Wildman–Crippen MR) is 196 cm³/mol. The Labute approximate surface area is 338 Å². The van der Waals surface area contributed by atoms with Crippen LogP contribution in [0.3, 0.4) is 0 Å². The molecule has 3 heterocycles. The van der Waals surface area contributed by atoms with E-state index in [0.717, 1.165) is 34.6 Å². The summed E-state index contributed by atoms with van der Waals surface area (Å²) in [5.74, 6) is -9.44. The van der Waals surface area contributed by atoms with E-state index < -0.39 is 126 Å². The number of pyridine rings is 1. The van der Waals surface area contributed by atoms with Crippen LogP contribution in [0, 0.1) is 17.3 Å². The van der Waals surface area contributed by atoms with Gasteiger partial charge in [0, 0.05) is 33.9 Å². The number of hydrogen-bond acceptors (Lipinski definition) is 18. The van der Waals surface area contributed by atoms with Crippen LogP contribution in [0.4, 0.5) is 0 Å². The molecule has 4 bridgehead atoms. The summed E-state index contributed by atoms with van der Waals surface area (Å²) >= 11 is 0. The Balaban J connectivity index is 1.74. The molecule has 2 aliphatic heterocycles. The van der Waals surface area contributed by atoms with E-state index in [1.807, 2.05) is 0 Å². The number of cyclic esters (lactones) is 1. The molecule has 1 spiro atoms. The molecule has 1 aromatic carbocycles. The lowest BCUT2D eigenvalue weighted by Crippen LogP contribution is -2.89. The quantitative estimate of drug-likeness (QED) is 0.297. The third kappa shape index (κ3) is 7.20. The van der Waals surface area contributed by atoms with Crippen LogP contribution in [0.2, 0.25) is 0 Å². The number of aliphatic hydroxyl groups is 2. The van der Waals surface area contributed by atoms with Crippen LogP contribution in [0.5, 0.6) is 0 Å². The van der Waals surface area contributed by atoms with Crippen LogP contribution in [-0.4, -0.2) is 124 Å². The third-order valence-corrected chi connectivity index (χ3v) is 11.8. The van der Waals surface area contributed by atoms with Crippen LogP contribution >= 0.6 is 0 Å². The van der Waals surface area contributed by atoms with E-state index >= 15 is 0 Å². The number of benzene rings is 1. The Hall–Kier alpha value is -5.46. The average Bonchev–Trinajstić information content (AvgIpc) is 3.39. The number of carbonyl (C=O) groups is 7. The highest BCUT2D eigenvalue weighted by molar-refractivity contribution is 5.91. The molecule has 2 saturated carbocycles. The van der Waals surface area contributed by atoms with Gasteiger partial charge in [-0.1, -0.05) is 25.1 Å². The van der Waals surface area contributed by atoms with Crippen molar-refractivity contribution in [2.75, 3.05) is 13.2 Å². The van der Waals surface area contributed by atoms with Gasteiger partial charge in [0.15, 0.2) is 17.8 Å². The molecule has 1 saturated heterocycles. The van der Waals surface area contributed by atoms with Gasteiger partial charge in [0.2, 0.25) is 0 Å². The van der Waals surface area contributed by atoms with Crippen LogP contribution in [0.1, 0.15) is 81.3 Å². The number of hydrogen-bond donors (Lipinski definition) is 2. The molecule has 2 N–H and O–H groups in total. The normalized spacial score (nSPS) is 36.3. The number of aromatic nitrogens is 1. The molecule has 0 radical (unpaired) electrons. The number of nitrogens with zero attached hydrogens (tertiary/aromatic N) is 1. The van der Waals surface area contributed by atoms with Crippen molar-refractivity contribution in [3.63, 3.8) is 0 Å². The number of fused-ring (bicyclic) bond motifs is 5. The summed E-state index contributed by atoms with van der Waals surface area (Å²) in [6, 6.07) is 10.4. The Morgan fingerprint density at radius 1 is 0.847 bits per heavy atom. The molecule has 3 fully saturated rings. The molecule has 2 aliphatic carbocycles.